The summed E-state index contributed by atoms with van der Waals surface area (Å²) in [5.74, 6) is -0.530. The molecule has 4 heterocycles. The van der Waals surface area contributed by atoms with Crippen LogP contribution in [0.1, 0.15) is 44.2 Å². The van der Waals surface area contributed by atoms with Crippen LogP contribution in [0, 0.1) is 5.95 Å². The number of aliphatic hydroxyl groups excluding tert-OH is 1. The Morgan fingerprint density at radius 1 is 1.36 bits per heavy atom. The summed E-state index contributed by atoms with van der Waals surface area (Å²) in [5, 5.41) is 16.4. The number of aliphatic hydroxyl groups is 1. The number of hydrogen-bond donors (Lipinski definition) is 3. The monoisotopic (exact) mass is 348 g/mol. The van der Waals surface area contributed by atoms with Crippen molar-refractivity contribution in [1.29, 1.82) is 0 Å². The first-order chi connectivity index (χ1) is 12.1. The zero-order valence-corrected chi connectivity index (χ0v) is 14.2. The Morgan fingerprint density at radius 3 is 2.76 bits per heavy atom. The lowest BCUT2D eigenvalue weighted by Gasteiger charge is -2.43. The molecular weight excluding hydrogens is 323 g/mol. The molecule has 3 fully saturated rings. The molecule has 1 aromatic rings. The fraction of sp³-hybridized carbons (Fsp3) is 0.667. The Labute approximate surface area is 146 Å². The molecule has 3 N–H and O–H groups in total. The number of carbonyl (C=O) groups is 1. The molecule has 3 atom stereocenters. The highest BCUT2D eigenvalue weighted by Gasteiger charge is 2.45. The maximum absolute atomic E-state index is 13.7. The number of fused-ring (bicyclic) bond motifs is 2. The zero-order valence-electron chi connectivity index (χ0n) is 14.2. The number of pyridine rings is 1. The number of nitrogens with zero attached hydrogens (tertiary/aromatic N) is 2. The number of nitrogens with one attached hydrogen (secondary N) is 2. The molecule has 1 aromatic heterocycles. The van der Waals surface area contributed by atoms with Gasteiger partial charge in [-0.25, -0.2) is 9.78 Å². The van der Waals surface area contributed by atoms with Crippen LogP contribution >= 0.6 is 0 Å². The highest BCUT2D eigenvalue weighted by Crippen LogP contribution is 2.37. The molecule has 4 rings (SSSR count). The van der Waals surface area contributed by atoms with Gasteiger partial charge in [0.2, 0.25) is 5.95 Å². The highest BCUT2D eigenvalue weighted by atomic mass is 19.1. The second-order valence-corrected chi connectivity index (χ2v) is 7.56. The second-order valence-electron chi connectivity index (χ2n) is 7.56. The van der Waals surface area contributed by atoms with Gasteiger partial charge in [0, 0.05) is 18.6 Å². The topological polar surface area (TPSA) is 77.5 Å². The summed E-state index contributed by atoms with van der Waals surface area (Å²) < 4.78 is 13.7. The third-order valence-electron chi connectivity index (χ3n) is 5.88. The molecule has 2 unspecified atom stereocenters. The van der Waals surface area contributed by atoms with Gasteiger partial charge in [-0.05, 0) is 57.2 Å². The van der Waals surface area contributed by atoms with E-state index in [1.165, 1.54) is 6.07 Å². The smallest absolute Gasteiger partial charge is 0.318 e. The van der Waals surface area contributed by atoms with Crippen molar-refractivity contribution in [3.05, 3.63) is 29.8 Å². The van der Waals surface area contributed by atoms with Crippen LogP contribution < -0.4 is 10.6 Å². The predicted octanol–water partition coefficient (Wildman–Crippen LogP) is 1.50. The van der Waals surface area contributed by atoms with Gasteiger partial charge < -0.3 is 20.6 Å². The number of hydrogen-bond acceptors (Lipinski definition) is 4. The van der Waals surface area contributed by atoms with Gasteiger partial charge in [0.15, 0.2) is 0 Å². The number of piperidine rings is 2. The first-order valence-corrected chi connectivity index (χ1v) is 9.20. The molecule has 0 spiro atoms. The van der Waals surface area contributed by atoms with Crippen molar-refractivity contribution in [2.75, 3.05) is 13.1 Å². The van der Waals surface area contributed by atoms with E-state index in [1.807, 2.05) is 4.90 Å². The normalized spacial score (nSPS) is 34.8. The minimum atomic E-state index is -0.688. The number of amides is 2. The van der Waals surface area contributed by atoms with Crippen LogP contribution in [-0.4, -0.2) is 52.3 Å². The van der Waals surface area contributed by atoms with Crippen molar-refractivity contribution in [1.82, 2.24) is 20.5 Å². The van der Waals surface area contributed by atoms with Gasteiger partial charge in [-0.2, -0.15) is 4.39 Å². The Bertz CT molecular complexity index is 636. The van der Waals surface area contributed by atoms with E-state index in [0.717, 1.165) is 32.2 Å². The van der Waals surface area contributed by atoms with Crippen LogP contribution in [0.3, 0.4) is 0 Å². The SMILES string of the molecule is O=C(N[C@@]1(c2cccc(F)n2)CCCNC1)N1C2CCC1CC(O)C2. The van der Waals surface area contributed by atoms with E-state index in [9.17, 15) is 14.3 Å². The second kappa shape index (κ2) is 6.53. The standard InChI is InChI=1S/C18H25FN4O2/c19-16-4-1-3-15(21-16)18(7-2-8-20-11-18)22-17(25)23-12-5-6-13(23)10-14(24)9-12/h1,3-4,12-14,20,24H,2,5-11H2,(H,22,25)/t12?,13?,14?,18-/m0/s1. The summed E-state index contributed by atoms with van der Waals surface area (Å²) in [6, 6.07) is 4.83. The van der Waals surface area contributed by atoms with Crippen LogP contribution in [0.2, 0.25) is 0 Å². The lowest BCUT2D eigenvalue weighted by Crippen LogP contribution is -2.61. The third kappa shape index (κ3) is 3.11. The van der Waals surface area contributed by atoms with Crippen molar-refractivity contribution in [2.24, 2.45) is 0 Å². The van der Waals surface area contributed by atoms with Crippen LogP contribution in [0.5, 0.6) is 0 Å². The molecular formula is C18H25FN4O2. The summed E-state index contributed by atoms with van der Waals surface area (Å²) in [4.78, 5) is 19.0. The lowest BCUT2D eigenvalue weighted by atomic mass is 9.86. The number of aromatic nitrogens is 1. The van der Waals surface area contributed by atoms with E-state index in [0.29, 0.717) is 25.1 Å². The van der Waals surface area contributed by atoms with E-state index >= 15 is 0 Å². The van der Waals surface area contributed by atoms with Crippen LogP contribution in [0.4, 0.5) is 9.18 Å². The van der Waals surface area contributed by atoms with Gasteiger partial charge in [-0.3, -0.25) is 0 Å². The van der Waals surface area contributed by atoms with Gasteiger partial charge in [-0.1, -0.05) is 6.07 Å². The number of rotatable bonds is 2. The molecule has 3 saturated heterocycles. The van der Waals surface area contributed by atoms with E-state index in [-0.39, 0.29) is 24.2 Å². The fourth-order valence-electron chi connectivity index (χ4n) is 4.72. The molecule has 0 saturated carbocycles. The summed E-state index contributed by atoms with van der Waals surface area (Å²) in [5.41, 5.74) is -0.120. The minimum Gasteiger partial charge on any atom is -0.393 e. The van der Waals surface area contributed by atoms with Gasteiger partial charge >= 0.3 is 6.03 Å². The van der Waals surface area contributed by atoms with Crippen molar-refractivity contribution in [2.45, 2.75) is 62.3 Å². The minimum absolute atomic E-state index is 0.0998. The molecule has 3 aliphatic heterocycles. The first kappa shape index (κ1) is 16.7. The van der Waals surface area contributed by atoms with Gasteiger partial charge in [0.25, 0.3) is 0 Å². The van der Waals surface area contributed by atoms with Crippen LogP contribution in [0.25, 0.3) is 0 Å². The number of halogens is 1. The average molecular weight is 348 g/mol. The van der Waals surface area contributed by atoms with Gasteiger partial charge in [-0.15, -0.1) is 0 Å². The van der Waals surface area contributed by atoms with Crippen molar-refractivity contribution in [3.63, 3.8) is 0 Å². The summed E-state index contributed by atoms with van der Waals surface area (Å²) >= 11 is 0. The molecule has 0 aliphatic carbocycles. The Hall–Kier alpha value is -1.73. The molecule has 3 aliphatic rings. The Balaban J connectivity index is 1.58. The van der Waals surface area contributed by atoms with Crippen molar-refractivity contribution in [3.8, 4) is 0 Å². The van der Waals surface area contributed by atoms with Crippen LogP contribution in [0.15, 0.2) is 18.2 Å². The molecule has 25 heavy (non-hydrogen) atoms. The number of urea groups is 1. The Kier molecular flexibility index (Phi) is 4.37. The zero-order chi connectivity index (χ0) is 17.4. The van der Waals surface area contributed by atoms with E-state index < -0.39 is 11.5 Å². The van der Waals surface area contributed by atoms with Gasteiger partial charge in [0.05, 0.1) is 17.3 Å². The maximum Gasteiger partial charge on any atom is 0.318 e. The van der Waals surface area contributed by atoms with E-state index in [1.54, 1.807) is 12.1 Å². The first-order valence-electron chi connectivity index (χ1n) is 9.20. The molecule has 0 radical (unpaired) electrons. The fourth-order valence-corrected chi connectivity index (χ4v) is 4.72. The molecule has 0 aromatic carbocycles. The molecule has 7 heteroatoms. The third-order valence-corrected chi connectivity index (χ3v) is 5.88. The molecule has 2 amide bonds. The Morgan fingerprint density at radius 2 is 2.12 bits per heavy atom. The summed E-state index contributed by atoms with van der Waals surface area (Å²) in [6.45, 7) is 1.43. The molecule has 136 valence electrons. The average Bonchev–Trinajstić information content (AvgIpc) is 2.87. The quantitative estimate of drug-likeness (QED) is 0.708. The summed E-state index contributed by atoms with van der Waals surface area (Å²) in [7, 11) is 0. The van der Waals surface area contributed by atoms with Crippen LogP contribution in [-0.2, 0) is 5.54 Å². The predicted molar refractivity (Wildman–Crippen MR) is 90.4 cm³/mol. The number of carbonyl (C=O) groups excluding carboxylic acids is 1. The highest BCUT2D eigenvalue weighted by molar-refractivity contribution is 5.76. The van der Waals surface area contributed by atoms with Crippen molar-refractivity contribution < 1.29 is 14.3 Å². The van der Waals surface area contributed by atoms with E-state index in [2.05, 4.69) is 15.6 Å². The maximum atomic E-state index is 13.7. The van der Waals surface area contributed by atoms with Gasteiger partial charge in [0.1, 0.15) is 0 Å². The van der Waals surface area contributed by atoms with Crippen molar-refractivity contribution >= 4 is 6.03 Å². The van der Waals surface area contributed by atoms with E-state index in [4.69, 9.17) is 0 Å². The summed E-state index contributed by atoms with van der Waals surface area (Å²) in [6.07, 6.45) is 4.49. The largest absolute Gasteiger partial charge is 0.393 e. The molecule has 2 bridgehead atoms. The molecule has 6 nitrogen and oxygen atoms in total. The lowest BCUT2D eigenvalue weighted by molar-refractivity contribution is 0.0504.